The number of hydrogen-bond acceptors (Lipinski definition) is 7. The zero-order chi connectivity index (χ0) is 14.6. The average molecular weight is 304 g/mol. The summed E-state index contributed by atoms with van der Waals surface area (Å²) in [5, 5.41) is 9.08. The molecule has 1 heterocycles. The van der Waals surface area contributed by atoms with Crippen molar-refractivity contribution in [1.29, 1.82) is 0 Å². The molecule has 0 aliphatic carbocycles. The molecule has 0 saturated heterocycles. The van der Waals surface area contributed by atoms with E-state index in [1.165, 1.54) is 0 Å². The Balaban J connectivity index is 2.08. The van der Waals surface area contributed by atoms with Crippen LogP contribution >= 0.6 is 11.8 Å². The van der Waals surface area contributed by atoms with E-state index < -0.39 is 0 Å². The Morgan fingerprint density at radius 1 is 1.10 bits per heavy atom. The minimum absolute atomic E-state index is 0.413. The van der Waals surface area contributed by atoms with E-state index in [2.05, 4.69) is 17.1 Å². The van der Waals surface area contributed by atoms with Crippen LogP contribution in [0, 0.1) is 0 Å². The number of thioether (sulfide) groups is 1. The van der Waals surface area contributed by atoms with Crippen LogP contribution in [0.2, 0.25) is 0 Å². The Hall–Kier alpha value is -0.670. The van der Waals surface area contributed by atoms with Crippen LogP contribution in [0.4, 0.5) is 0 Å². The molecule has 2 N–H and O–H groups in total. The van der Waals surface area contributed by atoms with Gasteiger partial charge in [0.2, 0.25) is 0 Å². The number of methoxy groups -OCH3 is 1. The molecule has 0 aliphatic heterocycles. The summed E-state index contributed by atoms with van der Waals surface area (Å²) >= 11 is 1.63. The van der Waals surface area contributed by atoms with Crippen molar-refractivity contribution >= 4 is 11.8 Å². The van der Waals surface area contributed by atoms with Gasteiger partial charge in [0.25, 0.3) is 0 Å². The summed E-state index contributed by atoms with van der Waals surface area (Å²) in [6.45, 7) is 6.37. The molecule has 0 aromatic carbocycles. The number of nitrogens with two attached hydrogens (primary N) is 1. The van der Waals surface area contributed by atoms with Gasteiger partial charge in [-0.05, 0) is 6.92 Å². The quantitative estimate of drug-likeness (QED) is 0.445. The van der Waals surface area contributed by atoms with Crippen molar-refractivity contribution in [3.8, 4) is 0 Å². The fraction of sp³-hybridized carbons (Fsp3) is 0.833. The largest absolute Gasteiger partial charge is 0.382 e. The van der Waals surface area contributed by atoms with Gasteiger partial charge < -0.3 is 24.5 Å². The van der Waals surface area contributed by atoms with Crippen molar-refractivity contribution in [3.63, 3.8) is 0 Å². The Bertz CT molecular complexity index is 362. The Morgan fingerprint density at radius 3 is 2.45 bits per heavy atom. The third-order valence-electron chi connectivity index (χ3n) is 2.55. The second-order valence-corrected chi connectivity index (χ2v) is 4.98. The molecule has 8 heteroatoms. The molecular formula is C12H24N4O3S. The van der Waals surface area contributed by atoms with Gasteiger partial charge in [0.05, 0.1) is 39.6 Å². The van der Waals surface area contributed by atoms with Crippen LogP contribution in [0.15, 0.2) is 5.16 Å². The molecule has 0 saturated carbocycles. The van der Waals surface area contributed by atoms with Crippen molar-refractivity contribution < 1.29 is 14.2 Å². The number of rotatable bonds is 12. The highest BCUT2D eigenvalue weighted by Gasteiger charge is 2.09. The lowest BCUT2D eigenvalue weighted by atomic mass is 10.6. The third-order valence-corrected chi connectivity index (χ3v) is 3.49. The smallest absolute Gasteiger partial charge is 0.191 e. The second kappa shape index (κ2) is 11.0. The summed E-state index contributed by atoms with van der Waals surface area (Å²) in [6, 6.07) is 0. The van der Waals surface area contributed by atoms with Gasteiger partial charge in [-0.2, -0.15) is 0 Å². The highest BCUT2D eigenvalue weighted by molar-refractivity contribution is 7.99. The van der Waals surface area contributed by atoms with E-state index in [1.54, 1.807) is 18.9 Å². The van der Waals surface area contributed by atoms with E-state index in [1.807, 2.05) is 4.57 Å². The lowest BCUT2D eigenvalue weighted by Gasteiger charge is -2.07. The van der Waals surface area contributed by atoms with Gasteiger partial charge in [0, 0.05) is 19.4 Å². The van der Waals surface area contributed by atoms with Gasteiger partial charge in [0.15, 0.2) is 5.16 Å². The van der Waals surface area contributed by atoms with Crippen LogP contribution in [0.3, 0.4) is 0 Å². The maximum atomic E-state index is 5.60. The van der Waals surface area contributed by atoms with Crippen LogP contribution in [0.5, 0.6) is 0 Å². The monoisotopic (exact) mass is 304 g/mol. The molecule has 0 spiro atoms. The minimum atomic E-state index is 0.413. The zero-order valence-corrected chi connectivity index (χ0v) is 13.0. The Morgan fingerprint density at radius 2 is 1.80 bits per heavy atom. The van der Waals surface area contributed by atoms with E-state index in [4.69, 9.17) is 19.9 Å². The lowest BCUT2D eigenvalue weighted by Crippen LogP contribution is -2.10. The van der Waals surface area contributed by atoms with E-state index in [-0.39, 0.29) is 0 Å². The highest BCUT2D eigenvalue weighted by Crippen LogP contribution is 2.16. The maximum Gasteiger partial charge on any atom is 0.191 e. The third kappa shape index (κ3) is 6.19. The molecular weight excluding hydrogens is 280 g/mol. The van der Waals surface area contributed by atoms with E-state index >= 15 is 0 Å². The number of hydrogen-bond donors (Lipinski definition) is 1. The fourth-order valence-electron chi connectivity index (χ4n) is 1.55. The van der Waals surface area contributed by atoms with Gasteiger partial charge in [-0.1, -0.05) is 11.8 Å². The molecule has 0 atom stereocenters. The summed E-state index contributed by atoms with van der Waals surface area (Å²) in [5.74, 6) is 1.66. The molecule has 20 heavy (non-hydrogen) atoms. The summed E-state index contributed by atoms with van der Waals surface area (Å²) in [7, 11) is 1.65. The van der Waals surface area contributed by atoms with E-state index in [0.29, 0.717) is 39.6 Å². The zero-order valence-electron chi connectivity index (χ0n) is 12.2. The normalized spacial score (nSPS) is 11.2. The molecule has 7 nitrogen and oxygen atoms in total. The molecule has 1 aromatic rings. The predicted molar refractivity (Wildman–Crippen MR) is 77.8 cm³/mol. The number of ether oxygens (including phenoxy) is 3. The van der Waals surface area contributed by atoms with E-state index in [9.17, 15) is 0 Å². The summed E-state index contributed by atoms with van der Waals surface area (Å²) in [6.07, 6.45) is 0. The summed E-state index contributed by atoms with van der Waals surface area (Å²) < 4.78 is 17.7. The lowest BCUT2D eigenvalue weighted by molar-refractivity contribution is 0.0286. The molecule has 0 radical (unpaired) electrons. The molecule has 0 bridgehead atoms. The molecule has 0 amide bonds. The summed E-state index contributed by atoms with van der Waals surface area (Å²) in [4.78, 5) is 0. The Kier molecular flexibility index (Phi) is 9.60. The van der Waals surface area contributed by atoms with Gasteiger partial charge in [-0.3, -0.25) is 0 Å². The van der Waals surface area contributed by atoms with Crippen LogP contribution in [0.25, 0.3) is 0 Å². The van der Waals surface area contributed by atoms with Crippen molar-refractivity contribution in [2.75, 3.05) is 45.9 Å². The first-order valence-corrected chi connectivity index (χ1v) is 7.71. The average Bonchev–Trinajstić information content (AvgIpc) is 2.87. The Labute approximate surface area is 124 Å². The van der Waals surface area contributed by atoms with Gasteiger partial charge in [-0.25, -0.2) is 0 Å². The molecule has 0 unspecified atom stereocenters. The van der Waals surface area contributed by atoms with Gasteiger partial charge >= 0.3 is 0 Å². The van der Waals surface area contributed by atoms with Gasteiger partial charge in [0.1, 0.15) is 5.82 Å². The topological polar surface area (TPSA) is 84.4 Å². The molecule has 0 fully saturated rings. The first-order valence-electron chi connectivity index (χ1n) is 6.72. The fourth-order valence-corrected chi connectivity index (χ4v) is 2.42. The van der Waals surface area contributed by atoms with Gasteiger partial charge in [-0.15, -0.1) is 10.2 Å². The van der Waals surface area contributed by atoms with Crippen molar-refractivity contribution in [1.82, 2.24) is 14.8 Å². The van der Waals surface area contributed by atoms with Crippen LogP contribution in [0.1, 0.15) is 12.7 Å². The summed E-state index contributed by atoms with van der Waals surface area (Å²) in [5.41, 5.74) is 5.60. The second-order valence-electron chi connectivity index (χ2n) is 3.91. The van der Waals surface area contributed by atoms with Crippen LogP contribution in [-0.4, -0.2) is 60.7 Å². The van der Waals surface area contributed by atoms with Crippen LogP contribution in [-0.2, 0) is 27.3 Å². The molecule has 116 valence electrons. The molecule has 1 aromatic heterocycles. The standard InChI is InChI=1S/C12H24N4O3S/c1-3-16-11(10-13)14-15-12(16)20-9-8-19-7-6-18-5-4-17-2/h3-10,13H2,1-2H3. The molecule has 1 rings (SSSR count). The minimum Gasteiger partial charge on any atom is -0.382 e. The number of nitrogens with zero attached hydrogens (tertiary/aromatic N) is 3. The molecule has 0 aliphatic rings. The highest BCUT2D eigenvalue weighted by atomic mass is 32.2. The first kappa shape index (κ1) is 17.4. The van der Waals surface area contributed by atoms with Crippen molar-refractivity contribution in [3.05, 3.63) is 5.82 Å². The van der Waals surface area contributed by atoms with Crippen LogP contribution < -0.4 is 5.73 Å². The SMILES string of the molecule is CCn1c(CN)nnc1SCCOCCOCCOC. The van der Waals surface area contributed by atoms with Crippen molar-refractivity contribution in [2.24, 2.45) is 5.73 Å². The number of aromatic nitrogens is 3. The predicted octanol–water partition coefficient (Wildman–Crippen LogP) is 0.528. The first-order chi connectivity index (χ1) is 9.83. The van der Waals surface area contributed by atoms with Crippen molar-refractivity contribution in [2.45, 2.75) is 25.2 Å². The van der Waals surface area contributed by atoms with E-state index in [0.717, 1.165) is 23.3 Å². The maximum absolute atomic E-state index is 5.60.